The van der Waals surface area contributed by atoms with Gasteiger partial charge in [0.1, 0.15) is 0 Å². The molecule has 1 aliphatic rings. The van der Waals surface area contributed by atoms with Crippen molar-refractivity contribution in [2.45, 2.75) is 19.3 Å². The highest BCUT2D eigenvalue weighted by Crippen LogP contribution is 2.55. The van der Waals surface area contributed by atoms with E-state index >= 15 is 0 Å². The topological polar surface area (TPSA) is 43.0 Å². The quantitative estimate of drug-likeness (QED) is 0.174. The van der Waals surface area contributed by atoms with Crippen LogP contribution in [0.5, 0.6) is 0 Å². The molecule has 1 aliphatic carbocycles. The van der Waals surface area contributed by atoms with Crippen molar-refractivity contribution in [1.82, 2.24) is 15.0 Å². The predicted molar refractivity (Wildman–Crippen MR) is 208 cm³/mol. The Kier molecular flexibility index (Phi) is 7.15. The highest BCUT2D eigenvalue weighted by molar-refractivity contribution is 5.98. The zero-order valence-electron chi connectivity index (χ0n) is 28.3. The Morgan fingerprint density at radius 1 is 0.431 bits per heavy atom. The third kappa shape index (κ3) is 5.19. The Hall–Kier alpha value is -6.70. The summed E-state index contributed by atoms with van der Waals surface area (Å²) in [4.78, 5) is 18.8. The molecule has 0 fully saturated rings. The molecule has 0 saturated heterocycles. The van der Waals surface area contributed by atoms with Gasteiger partial charge in [0.05, 0.1) is 6.57 Å². The molecule has 0 unspecified atom stereocenters. The summed E-state index contributed by atoms with van der Waals surface area (Å²) in [6, 6.07) is 54.6. The van der Waals surface area contributed by atoms with Crippen LogP contribution in [0.15, 0.2) is 158 Å². The van der Waals surface area contributed by atoms with E-state index in [4.69, 9.17) is 21.5 Å². The van der Waals surface area contributed by atoms with Crippen molar-refractivity contribution in [2.75, 3.05) is 0 Å². The molecule has 8 aromatic rings. The Morgan fingerprint density at radius 3 is 1.73 bits per heavy atom. The van der Waals surface area contributed by atoms with Crippen LogP contribution >= 0.6 is 0 Å². The van der Waals surface area contributed by atoms with Gasteiger partial charge in [-0.1, -0.05) is 159 Å². The lowest BCUT2D eigenvalue weighted by Crippen LogP contribution is -2.14. The Balaban J connectivity index is 1.10. The summed E-state index contributed by atoms with van der Waals surface area (Å²) in [5.41, 5.74) is 12.5. The minimum atomic E-state index is -0.182. The van der Waals surface area contributed by atoms with Gasteiger partial charge < -0.3 is 0 Å². The van der Waals surface area contributed by atoms with Crippen molar-refractivity contribution in [3.8, 4) is 67.5 Å². The summed E-state index contributed by atoms with van der Waals surface area (Å²) in [7, 11) is 0. The Morgan fingerprint density at radius 2 is 0.980 bits per heavy atom. The molecular weight excluding hydrogens is 621 g/mol. The number of rotatable bonds is 5. The summed E-state index contributed by atoms with van der Waals surface area (Å²) in [6.45, 7) is 12.5. The van der Waals surface area contributed by atoms with Crippen LogP contribution in [-0.4, -0.2) is 15.0 Å². The van der Waals surface area contributed by atoms with Gasteiger partial charge in [0.2, 0.25) is 0 Å². The van der Waals surface area contributed by atoms with Crippen molar-refractivity contribution in [1.29, 1.82) is 0 Å². The van der Waals surface area contributed by atoms with Crippen molar-refractivity contribution < 1.29 is 0 Å². The first-order valence-corrected chi connectivity index (χ1v) is 17.1. The highest BCUT2D eigenvalue weighted by atomic mass is 15.0. The third-order valence-corrected chi connectivity index (χ3v) is 10.1. The fourth-order valence-corrected chi connectivity index (χ4v) is 7.50. The van der Waals surface area contributed by atoms with Crippen molar-refractivity contribution in [3.05, 3.63) is 180 Å². The summed E-state index contributed by atoms with van der Waals surface area (Å²) in [6.07, 6.45) is 0. The average Bonchev–Trinajstić information content (AvgIpc) is 3.44. The average molecular weight is 653 g/mol. The molecule has 4 nitrogen and oxygen atoms in total. The lowest BCUT2D eigenvalue weighted by molar-refractivity contribution is 0.660. The van der Waals surface area contributed by atoms with Crippen LogP contribution in [0.1, 0.15) is 25.0 Å². The normalized spacial score (nSPS) is 12.6. The second kappa shape index (κ2) is 12.0. The maximum Gasteiger partial charge on any atom is 0.195 e. The van der Waals surface area contributed by atoms with Gasteiger partial charge in [-0.15, -0.1) is 0 Å². The maximum absolute atomic E-state index is 7.94. The van der Waals surface area contributed by atoms with Gasteiger partial charge in [-0.3, -0.25) is 0 Å². The van der Waals surface area contributed by atoms with E-state index in [0.29, 0.717) is 23.2 Å². The van der Waals surface area contributed by atoms with Gasteiger partial charge in [0, 0.05) is 22.1 Å². The number of hydrogen-bond donors (Lipinski definition) is 0. The zero-order chi connectivity index (χ0) is 34.5. The molecule has 0 atom stereocenters. The van der Waals surface area contributed by atoms with E-state index in [-0.39, 0.29) is 5.41 Å². The first-order chi connectivity index (χ1) is 25.0. The standard InChI is InChI=1S/C47H32N4/c1-47(2)39-19-10-18-38(42(39)43-40(47)20-11-21-41(43)48-3)36-17-9-16-35(28-36)31-22-25-33(26-23-31)45-49-44(32-13-5-4-6-14-32)50-46(51-45)37-27-24-30-12-7-8-15-34(30)29-37/h4-29H,1-2H3. The molecule has 1 heterocycles. The third-order valence-electron chi connectivity index (χ3n) is 10.1. The van der Waals surface area contributed by atoms with Gasteiger partial charge in [0.15, 0.2) is 23.2 Å². The number of fused-ring (bicyclic) bond motifs is 4. The molecule has 0 radical (unpaired) electrons. The Bertz CT molecular complexity index is 2670. The second-order valence-corrected chi connectivity index (χ2v) is 13.6. The predicted octanol–water partition coefficient (Wildman–Crippen LogP) is 12.2. The number of nitrogens with zero attached hydrogens (tertiary/aromatic N) is 4. The number of aromatic nitrogens is 3. The monoisotopic (exact) mass is 652 g/mol. The molecule has 51 heavy (non-hydrogen) atoms. The Labute approximate surface area is 297 Å². The van der Waals surface area contributed by atoms with Crippen LogP contribution < -0.4 is 0 Å². The lowest BCUT2D eigenvalue weighted by Gasteiger charge is -2.22. The molecule has 0 N–H and O–H groups in total. The first-order valence-electron chi connectivity index (χ1n) is 17.1. The first kappa shape index (κ1) is 30.4. The molecule has 9 rings (SSSR count). The summed E-state index contributed by atoms with van der Waals surface area (Å²) in [5, 5.41) is 2.32. The fraction of sp³-hybridized carbons (Fsp3) is 0.0638. The molecule has 0 bridgehead atoms. The maximum atomic E-state index is 7.94. The molecule has 240 valence electrons. The van der Waals surface area contributed by atoms with Crippen LogP contribution in [0.2, 0.25) is 0 Å². The number of benzene rings is 7. The molecule has 0 amide bonds. The van der Waals surface area contributed by atoms with Gasteiger partial charge in [-0.2, -0.15) is 0 Å². The largest absolute Gasteiger partial charge is 0.238 e. The molecular formula is C47H32N4. The molecule has 0 saturated carbocycles. The van der Waals surface area contributed by atoms with Crippen molar-refractivity contribution in [2.24, 2.45) is 0 Å². The van der Waals surface area contributed by atoms with E-state index in [2.05, 4.69) is 134 Å². The SMILES string of the molecule is [C-]#[N+]c1cccc2c1-c1c(-c3cccc(-c4ccc(-c5nc(-c6ccccc6)nc(-c6ccc7ccccc7c6)n5)cc4)c3)cccc1C2(C)C. The van der Waals surface area contributed by atoms with Crippen molar-refractivity contribution >= 4 is 16.5 Å². The summed E-state index contributed by atoms with van der Waals surface area (Å²) in [5.74, 6) is 1.91. The van der Waals surface area contributed by atoms with E-state index in [1.807, 2.05) is 42.5 Å². The van der Waals surface area contributed by atoms with Gasteiger partial charge in [0.25, 0.3) is 0 Å². The van der Waals surface area contributed by atoms with Crippen LogP contribution in [0.4, 0.5) is 5.69 Å². The number of hydrogen-bond acceptors (Lipinski definition) is 3. The molecule has 1 aromatic heterocycles. The van der Waals surface area contributed by atoms with Crippen LogP contribution in [-0.2, 0) is 5.41 Å². The van der Waals surface area contributed by atoms with E-state index in [9.17, 15) is 0 Å². The summed E-state index contributed by atoms with van der Waals surface area (Å²) < 4.78 is 0. The minimum absolute atomic E-state index is 0.182. The molecule has 4 heteroatoms. The van der Waals surface area contributed by atoms with E-state index in [0.717, 1.165) is 49.9 Å². The highest BCUT2D eigenvalue weighted by Gasteiger charge is 2.38. The minimum Gasteiger partial charge on any atom is -0.238 e. The second-order valence-electron chi connectivity index (χ2n) is 13.6. The molecule has 0 spiro atoms. The van der Waals surface area contributed by atoms with E-state index in [1.54, 1.807) is 0 Å². The van der Waals surface area contributed by atoms with Gasteiger partial charge in [-0.25, -0.2) is 19.8 Å². The zero-order valence-corrected chi connectivity index (χ0v) is 28.3. The van der Waals surface area contributed by atoms with Gasteiger partial charge in [-0.05, 0) is 67.4 Å². The van der Waals surface area contributed by atoms with E-state index < -0.39 is 0 Å². The van der Waals surface area contributed by atoms with E-state index in [1.165, 1.54) is 22.1 Å². The molecule has 0 aliphatic heterocycles. The van der Waals surface area contributed by atoms with Crippen molar-refractivity contribution in [3.63, 3.8) is 0 Å². The lowest BCUT2D eigenvalue weighted by atomic mass is 9.82. The van der Waals surface area contributed by atoms with Crippen LogP contribution in [0, 0.1) is 6.57 Å². The molecule has 7 aromatic carbocycles. The van der Waals surface area contributed by atoms with Crippen LogP contribution in [0.3, 0.4) is 0 Å². The fourth-order valence-electron chi connectivity index (χ4n) is 7.50. The van der Waals surface area contributed by atoms with Crippen LogP contribution in [0.25, 0.3) is 83.2 Å². The van der Waals surface area contributed by atoms with Gasteiger partial charge >= 0.3 is 0 Å². The smallest absolute Gasteiger partial charge is 0.195 e. The summed E-state index contributed by atoms with van der Waals surface area (Å²) >= 11 is 0.